The van der Waals surface area contributed by atoms with Crippen molar-refractivity contribution in [3.8, 4) is 0 Å². The summed E-state index contributed by atoms with van der Waals surface area (Å²) < 4.78 is 0. The van der Waals surface area contributed by atoms with Crippen molar-refractivity contribution in [2.24, 2.45) is 5.92 Å². The molecule has 0 spiro atoms. The third-order valence-electron chi connectivity index (χ3n) is 3.04. The van der Waals surface area contributed by atoms with Crippen LogP contribution in [0.15, 0.2) is 0 Å². The number of aliphatic hydroxyl groups is 1. The minimum Gasteiger partial charge on any atom is -0.393 e. The zero-order valence-electron chi connectivity index (χ0n) is 12.1. The summed E-state index contributed by atoms with van der Waals surface area (Å²) in [6, 6.07) is 0.346. The van der Waals surface area contributed by atoms with Gasteiger partial charge in [-0.2, -0.15) is 0 Å². The molecule has 0 fully saturated rings. The fourth-order valence-corrected chi connectivity index (χ4v) is 2.05. The molecule has 0 bridgehead atoms. The van der Waals surface area contributed by atoms with Gasteiger partial charge in [0.2, 0.25) is 5.91 Å². The smallest absolute Gasteiger partial charge is 0.222 e. The Morgan fingerprint density at radius 1 is 1.18 bits per heavy atom. The predicted octanol–water partition coefficient (Wildman–Crippen LogP) is 2.82. The van der Waals surface area contributed by atoms with E-state index in [0.717, 1.165) is 19.4 Å². The lowest BCUT2D eigenvalue weighted by Gasteiger charge is -2.32. The average molecular weight is 243 g/mol. The van der Waals surface area contributed by atoms with Gasteiger partial charge >= 0.3 is 0 Å². The fraction of sp³-hybridized carbons (Fsp3) is 0.929. The largest absolute Gasteiger partial charge is 0.393 e. The van der Waals surface area contributed by atoms with E-state index in [1.54, 1.807) is 6.92 Å². The maximum absolute atomic E-state index is 12.2. The number of hydrogen-bond acceptors (Lipinski definition) is 2. The summed E-state index contributed by atoms with van der Waals surface area (Å²) in [5.41, 5.74) is 0. The van der Waals surface area contributed by atoms with Crippen LogP contribution in [0.1, 0.15) is 60.3 Å². The van der Waals surface area contributed by atoms with E-state index in [1.165, 1.54) is 0 Å². The van der Waals surface area contributed by atoms with Gasteiger partial charge in [0.1, 0.15) is 0 Å². The maximum Gasteiger partial charge on any atom is 0.222 e. The van der Waals surface area contributed by atoms with Crippen molar-refractivity contribution in [1.29, 1.82) is 0 Å². The number of hydrogen-bond donors (Lipinski definition) is 1. The van der Waals surface area contributed by atoms with Crippen LogP contribution in [-0.4, -0.2) is 34.6 Å². The van der Waals surface area contributed by atoms with Crippen LogP contribution >= 0.6 is 0 Å². The first-order chi connectivity index (χ1) is 7.92. The molecule has 1 unspecified atom stereocenters. The molecule has 17 heavy (non-hydrogen) atoms. The van der Waals surface area contributed by atoms with Gasteiger partial charge in [0.15, 0.2) is 0 Å². The number of carbonyl (C=O) groups excluding carboxylic acids is 1. The normalized spacial score (nSPS) is 13.2. The van der Waals surface area contributed by atoms with E-state index in [2.05, 4.69) is 27.7 Å². The lowest BCUT2D eigenvalue weighted by atomic mass is 10.1. The molecule has 0 aliphatic carbocycles. The first-order valence-corrected chi connectivity index (χ1v) is 6.89. The van der Waals surface area contributed by atoms with Gasteiger partial charge in [-0.15, -0.1) is 0 Å². The highest BCUT2D eigenvalue weighted by molar-refractivity contribution is 5.76. The van der Waals surface area contributed by atoms with Crippen molar-refractivity contribution in [2.75, 3.05) is 6.54 Å². The first-order valence-electron chi connectivity index (χ1n) is 6.89. The molecule has 0 rings (SSSR count). The Morgan fingerprint density at radius 3 is 2.06 bits per heavy atom. The van der Waals surface area contributed by atoms with Crippen LogP contribution in [0.4, 0.5) is 0 Å². The monoisotopic (exact) mass is 243 g/mol. The number of aliphatic hydroxyl groups excluding tert-OH is 1. The van der Waals surface area contributed by atoms with Gasteiger partial charge in [-0.25, -0.2) is 0 Å². The minimum atomic E-state index is -0.387. The molecular formula is C14H29NO2. The van der Waals surface area contributed by atoms with Crippen LogP contribution in [-0.2, 0) is 4.79 Å². The van der Waals surface area contributed by atoms with Gasteiger partial charge in [0.25, 0.3) is 0 Å². The topological polar surface area (TPSA) is 40.5 Å². The van der Waals surface area contributed by atoms with E-state index in [1.807, 2.05) is 4.90 Å². The van der Waals surface area contributed by atoms with Crippen LogP contribution in [0.25, 0.3) is 0 Å². The molecule has 0 saturated heterocycles. The fourth-order valence-electron chi connectivity index (χ4n) is 2.05. The molecule has 102 valence electrons. The molecule has 1 N–H and O–H groups in total. The summed E-state index contributed by atoms with van der Waals surface area (Å²) in [5.74, 6) is 0.680. The zero-order chi connectivity index (χ0) is 13.4. The van der Waals surface area contributed by atoms with Gasteiger partial charge in [-0.05, 0) is 32.1 Å². The van der Waals surface area contributed by atoms with Crippen LogP contribution in [0.2, 0.25) is 0 Å². The lowest BCUT2D eigenvalue weighted by Crippen LogP contribution is -2.42. The van der Waals surface area contributed by atoms with Gasteiger partial charge in [0, 0.05) is 19.0 Å². The Labute approximate surface area is 106 Å². The molecule has 0 aliphatic rings. The molecule has 1 atom stereocenters. The second-order valence-corrected chi connectivity index (χ2v) is 5.30. The average Bonchev–Trinajstić information content (AvgIpc) is 2.25. The van der Waals surface area contributed by atoms with E-state index in [4.69, 9.17) is 0 Å². The second-order valence-electron chi connectivity index (χ2n) is 5.30. The van der Waals surface area contributed by atoms with E-state index >= 15 is 0 Å². The highest BCUT2D eigenvalue weighted by Crippen LogP contribution is 2.14. The Balaban J connectivity index is 4.49. The van der Waals surface area contributed by atoms with Crippen LogP contribution in [0.3, 0.4) is 0 Å². The maximum atomic E-state index is 12.2. The molecule has 0 aromatic carbocycles. The molecule has 1 amide bonds. The first kappa shape index (κ1) is 16.4. The van der Waals surface area contributed by atoms with Crippen molar-refractivity contribution in [2.45, 2.75) is 72.4 Å². The Bertz CT molecular complexity index is 210. The highest BCUT2D eigenvalue weighted by atomic mass is 16.3. The SMILES string of the molecule is CCC(CC)N(CC(C)C)C(=O)CCC(C)O. The van der Waals surface area contributed by atoms with Crippen molar-refractivity contribution >= 4 is 5.91 Å². The summed E-state index contributed by atoms with van der Waals surface area (Å²) in [6.45, 7) is 11.1. The molecule has 3 nitrogen and oxygen atoms in total. The molecular weight excluding hydrogens is 214 g/mol. The molecule has 0 aromatic heterocycles. The summed E-state index contributed by atoms with van der Waals surface area (Å²) >= 11 is 0. The number of carbonyl (C=O) groups is 1. The third-order valence-corrected chi connectivity index (χ3v) is 3.04. The predicted molar refractivity (Wildman–Crippen MR) is 71.8 cm³/mol. The molecule has 0 aromatic rings. The van der Waals surface area contributed by atoms with E-state index in [-0.39, 0.29) is 12.0 Å². The Hall–Kier alpha value is -0.570. The third kappa shape index (κ3) is 6.67. The van der Waals surface area contributed by atoms with Crippen LogP contribution in [0, 0.1) is 5.92 Å². The van der Waals surface area contributed by atoms with Crippen LogP contribution in [0.5, 0.6) is 0 Å². The highest BCUT2D eigenvalue weighted by Gasteiger charge is 2.21. The summed E-state index contributed by atoms with van der Waals surface area (Å²) in [5, 5.41) is 9.25. The summed E-state index contributed by atoms with van der Waals surface area (Å²) in [6.07, 6.45) is 2.64. The minimum absolute atomic E-state index is 0.188. The van der Waals surface area contributed by atoms with Crippen LogP contribution < -0.4 is 0 Å². The van der Waals surface area contributed by atoms with Crippen molar-refractivity contribution in [1.82, 2.24) is 4.90 Å². The van der Waals surface area contributed by atoms with E-state index in [0.29, 0.717) is 24.8 Å². The standard InChI is InChI=1S/C14H29NO2/c1-6-13(7-2)15(10-11(3)4)14(17)9-8-12(5)16/h11-13,16H,6-10H2,1-5H3. The second kappa shape index (κ2) is 8.51. The quantitative estimate of drug-likeness (QED) is 0.712. The van der Waals surface area contributed by atoms with Gasteiger partial charge in [-0.3, -0.25) is 4.79 Å². The number of nitrogens with zero attached hydrogens (tertiary/aromatic N) is 1. The van der Waals surface area contributed by atoms with Gasteiger partial charge < -0.3 is 10.0 Å². The Kier molecular flexibility index (Phi) is 8.23. The molecule has 0 saturated carbocycles. The lowest BCUT2D eigenvalue weighted by molar-refractivity contribution is -0.134. The summed E-state index contributed by atoms with van der Waals surface area (Å²) in [7, 11) is 0. The summed E-state index contributed by atoms with van der Waals surface area (Å²) in [4.78, 5) is 14.2. The molecule has 0 radical (unpaired) electrons. The van der Waals surface area contributed by atoms with Crippen molar-refractivity contribution in [3.63, 3.8) is 0 Å². The van der Waals surface area contributed by atoms with Crippen molar-refractivity contribution < 1.29 is 9.90 Å². The number of amides is 1. The Morgan fingerprint density at radius 2 is 1.71 bits per heavy atom. The molecule has 3 heteroatoms. The van der Waals surface area contributed by atoms with Gasteiger partial charge in [-0.1, -0.05) is 27.7 Å². The molecule has 0 heterocycles. The van der Waals surface area contributed by atoms with E-state index in [9.17, 15) is 9.90 Å². The number of rotatable bonds is 8. The zero-order valence-corrected chi connectivity index (χ0v) is 12.1. The van der Waals surface area contributed by atoms with Gasteiger partial charge in [0.05, 0.1) is 6.10 Å². The molecule has 0 aliphatic heterocycles. The van der Waals surface area contributed by atoms with Crippen molar-refractivity contribution in [3.05, 3.63) is 0 Å². The van der Waals surface area contributed by atoms with E-state index < -0.39 is 0 Å².